The SMILES string of the molecule is Cc1cc(/C=C(/C#N)c2cccc(C(F)(F)F)c2)c(C)n1-c1cccc(Cl)c1. The fourth-order valence-corrected chi connectivity index (χ4v) is 3.33. The van der Waals surface area contributed by atoms with Crippen molar-refractivity contribution < 1.29 is 13.2 Å². The summed E-state index contributed by atoms with van der Waals surface area (Å²) in [6, 6.07) is 16.1. The third kappa shape index (κ3) is 3.97. The number of nitrogens with zero attached hydrogens (tertiary/aromatic N) is 2. The second-order valence-corrected chi connectivity index (χ2v) is 6.83. The molecule has 0 aliphatic heterocycles. The minimum absolute atomic E-state index is 0.164. The van der Waals surface area contributed by atoms with Gasteiger partial charge in [-0.1, -0.05) is 29.8 Å². The number of benzene rings is 2. The van der Waals surface area contributed by atoms with Crippen molar-refractivity contribution in [2.24, 2.45) is 0 Å². The van der Waals surface area contributed by atoms with Crippen LogP contribution in [0.25, 0.3) is 17.3 Å². The van der Waals surface area contributed by atoms with Crippen LogP contribution < -0.4 is 0 Å². The van der Waals surface area contributed by atoms with Crippen molar-refractivity contribution >= 4 is 23.3 Å². The molecule has 0 saturated carbocycles. The highest BCUT2D eigenvalue weighted by atomic mass is 35.5. The summed E-state index contributed by atoms with van der Waals surface area (Å²) in [5, 5.41) is 10.1. The van der Waals surface area contributed by atoms with Crippen LogP contribution in [0.4, 0.5) is 13.2 Å². The zero-order valence-electron chi connectivity index (χ0n) is 15.2. The van der Waals surface area contributed by atoms with Crippen LogP contribution in [-0.2, 0) is 6.18 Å². The van der Waals surface area contributed by atoms with Crippen molar-refractivity contribution in [3.05, 3.63) is 87.7 Å². The van der Waals surface area contributed by atoms with Gasteiger partial charge in [-0.05, 0) is 67.4 Å². The Morgan fingerprint density at radius 2 is 1.79 bits per heavy atom. The molecule has 0 fully saturated rings. The maximum atomic E-state index is 13.0. The first kappa shape index (κ1) is 19.8. The summed E-state index contributed by atoms with van der Waals surface area (Å²) in [7, 11) is 0. The van der Waals surface area contributed by atoms with Crippen LogP contribution in [0.2, 0.25) is 5.02 Å². The topological polar surface area (TPSA) is 28.7 Å². The number of aryl methyl sites for hydroxylation is 1. The molecule has 0 N–H and O–H groups in total. The summed E-state index contributed by atoms with van der Waals surface area (Å²) in [5.74, 6) is 0. The van der Waals surface area contributed by atoms with Gasteiger partial charge in [0.15, 0.2) is 0 Å². The molecule has 0 amide bonds. The van der Waals surface area contributed by atoms with Crippen LogP contribution in [0.1, 0.15) is 28.1 Å². The maximum Gasteiger partial charge on any atom is 0.416 e. The van der Waals surface area contributed by atoms with E-state index in [1.807, 2.05) is 48.7 Å². The van der Waals surface area contributed by atoms with Crippen LogP contribution in [0.5, 0.6) is 0 Å². The first-order valence-electron chi connectivity index (χ1n) is 8.45. The summed E-state index contributed by atoms with van der Waals surface area (Å²) in [5.41, 5.74) is 3.02. The van der Waals surface area contributed by atoms with Gasteiger partial charge in [-0.25, -0.2) is 0 Å². The number of allylic oxidation sites excluding steroid dienone is 1. The van der Waals surface area contributed by atoms with Gasteiger partial charge in [-0.15, -0.1) is 0 Å². The predicted octanol–water partition coefficient (Wildman–Crippen LogP) is 6.83. The van der Waals surface area contributed by atoms with E-state index in [-0.39, 0.29) is 11.1 Å². The molecule has 2 nitrogen and oxygen atoms in total. The Morgan fingerprint density at radius 1 is 1.07 bits per heavy atom. The van der Waals surface area contributed by atoms with E-state index in [9.17, 15) is 18.4 Å². The first-order valence-corrected chi connectivity index (χ1v) is 8.83. The standard InChI is InChI=1S/C22H16ClF3N2/c1-14-9-17(15(2)28(14)21-8-4-7-20(23)12-21)10-18(13-27)16-5-3-6-19(11-16)22(24,25)26/h3-12H,1-2H3/b18-10-. The van der Waals surface area contributed by atoms with Gasteiger partial charge in [0, 0.05) is 22.1 Å². The lowest BCUT2D eigenvalue weighted by Crippen LogP contribution is -2.04. The Balaban J connectivity index is 2.08. The lowest BCUT2D eigenvalue weighted by Gasteiger charge is -2.10. The number of rotatable bonds is 3. The quantitative estimate of drug-likeness (QED) is 0.443. The van der Waals surface area contributed by atoms with Crippen LogP contribution >= 0.6 is 11.6 Å². The fraction of sp³-hybridized carbons (Fsp3) is 0.136. The molecule has 0 bridgehead atoms. The number of alkyl halides is 3. The monoisotopic (exact) mass is 400 g/mol. The molecule has 0 spiro atoms. The van der Waals surface area contributed by atoms with Gasteiger partial charge in [0.25, 0.3) is 0 Å². The summed E-state index contributed by atoms with van der Waals surface area (Å²) in [6.45, 7) is 3.81. The Labute approximate surface area is 166 Å². The molecule has 0 atom stereocenters. The molecule has 0 aliphatic carbocycles. The molecule has 3 rings (SSSR count). The largest absolute Gasteiger partial charge is 0.416 e. The normalized spacial score (nSPS) is 12.1. The summed E-state index contributed by atoms with van der Waals surface area (Å²) in [4.78, 5) is 0. The van der Waals surface area contributed by atoms with Crippen LogP contribution in [0.15, 0.2) is 54.6 Å². The highest BCUT2D eigenvalue weighted by Crippen LogP contribution is 2.32. The molecule has 142 valence electrons. The molecule has 3 aromatic rings. The highest BCUT2D eigenvalue weighted by molar-refractivity contribution is 6.30. The van der Waals surface area contributed by atoms with Gasteiger partial charge >= 0.3 is 6.18 Å². The molecule has 1 aromatic heterocycles. The Morgan fingerprint density at radius 3 is 2.43 bits per heavy atom. The molecular weight excluding hydrogens is 385 g/mol. The minimum atomic E-state index is -4.46. The molecule has 28 heavy (non-hydrogen) atoms. The van der Waals surface area contributed by atoms with E-state index < -0.39 is 11.7 Å². The number of halogens is 4. The average molecular weight is 401 g/mol. The Hall–Kier alpha value is -2.97. The van der Waals surface area contributed by atoms with Crippen molar-refractivity contribution in [3.8, 4) is 11.8 Å². The third-order valence-electron chi connectivity index (χ3n) is 4.46. The molecular formula is C22H16ClF3N2. The molecule has 2 aromatic carbocycles. The average Bonchev–Trinajstić information content (AvgIpc) is 2.92. The number of aromatic nitrogens is 1. The molecule has 6 heteroatoms. The number of nitriles is 1. The smallest absolute Gasteiger partial charge is 0.318 e. The van der Waals surface area contributed by atoms with E-state index in [0.717, 1.165) is 34.8 Å². The van der Waals surface area contributed by atoms with Crippen molar-refractivity contribution in [1.82, 2.24) is 4.57 Å². The van der Waals surface area contributed by atoms with E-state index in [1.165, 1.54) is 12.1 Å². The van der Waals surface area contributed by atoms with Gasteiger partial charge in [-0.3, -0.25) is 0 Å². The number of hydrogen-bond acceptors (Lipinski definition) is 1. The van der Waals surface area contributed by atoms with Gasteiger partial charge in [0.1, 0.15) is 0 Å². The lowest BCUT2D eigenvalue weighted by molar-refractivity contribution is -0.137. The first-order chi connectivity index (χ1) is 13.2. The fourth-order valence-electron chi connectivity index (χ4n) is 3.14. The Kier molecular flexibility index (Phi) is 5.35. The molecule has 0 aliphatic rings. The van der Waals surface area contributed by atoms with E-state index in [4.69, 9.17) is 11.6 Å². The lowest BCUT2D eigenvalue weighted by atomic mass is 10.0. The summed E-state index contributed by atoms with van der Waals surface area (Å²) < 4.78 is 40.9. The molecule has 0 unspecified atom stereocenters. The van der Waals surface area contributed by atoms with E-state index in [0.29, 0.717) is 5.02 Å². The van der Waals surface area contributed by atoms with E-state index in [2.05, 4.69) is 0 Å². The van der Waals surface area contributed by atoms with Gasteiger partial charge < -0.3 is 4.57 Å². The van der Waals surface area contributed by atoms with E-state index in [1.54, 1.807) is 12.1 Å². The third-order valence-corrected chi connectivity index (χ3v) is 4.69. The van der Waals surface area contributed by atoms with Gasteiger partial charge in [0.2, 0.25) is 0 Å². The van der Waals surface area contributed by atoms with Crippen molar-refractivity contribution in [3.63, 3.8) is 0 Å². The highest BCUT2D eigenvalue weighted by Gasteiger charge is 2.30. The van der Waals surface area contributed by atoms with Crippen molar-refractivity contribution in [2.45, 2.75) is 20.0 Å². The van der Waals surface area contributed by atoms with Crippen molar-refractivity contribution in [1.29, 1.82) is 5.26 Å². The Bertz CT molecular complexity index is 1100. The van der Waals surface area contributed by atoms with Crippen LogP contribution in [0.3, 0.4) is 0 Å². The second-order valence-electron chi connectivity index (χ2n) is 6.39. The van der Waals surface area contributed by atoms with Crippen molar-refractivity contribution in [2.75, 3.05) is 0 Å². The van der Waals surface area contributed by atoms with Crippen LogP contribution in [-0.4, -0.2) is 4.57 Å². The zero-order valence-corrected chi connectivity index (χ0v) is 15.9. The second kappa shape index (κ2) is 7.57. The van der Waals surface area contributed by atoms with E-state index >= 15 is 0 Å². The minimum Gasteiger partial charge on any atom is -0.318 e. The zero-order chi connectivity index (χ0) is 20.5. The predicted molar refractivity (Wildman–Crippen MR) is 105 cm³/mol. The molecule has 0 saturated heterocycles. The number of hydrogen-bond donors (Lipinski definition) is 0. The van der Waals surface area contributed by atoms with Crippen LogP contribution in [0, 0.1) is 25.2 Å². The maximum absolute atomic E-state index is 13.0. The molecule has 0 radical (unpaired) electrons. The van der Waals surface area contributed by atoms with Gasteiger partial charge in [0.05, 0.1) is 17.2 Å². The molecule has 1 heterocycles. The summed E-state index contributed by atoms with van der Waals surface area (Å²) in [6.07, 6.45) is -2.85. The summed E-state index contributed by atoms with van der Waals surface area (Å²) >= 11 is 6.08. The van der Waals surface area contributed by atoms with Gasteiger partial charge in [-0.2, -0.15) is 18.4 Å².